The Morgan fingerprint density at radius 1 is 0.439 bits per heavy atom. The lowest BCUT2D eigenvalue weighted by molar-refractivity contribution is 0.0696. The molecule has 41 heavy (non-hydrogen) atoms. The number of aromatic carboxylic acids is 1. The second kappa shape index (κ2) is 12.6. The van der Waals surface area contributed by atoms with Gasteiger partial charge < -0.3 is 14.9 Å². The average Bonchev–Trinajstić information content (AvgIpc) is 3.03. The normalized spacial score (nSPS) is 10.5. The Morgan fingerprint density at radius 2 is 0.780 bits per heavy atom. The molecule has 6 heteroatoms. The van der Waals surface area contributed by atoms with Crippen LogP contribution in [-0.4, -0.2) is 22.9 Å². The van der Waals surface area contributed by atoms with Crippen LogP contribution in [0.1, 0.15) is 42.2 Å². The Morgan fingerprint density at radius 3 is 1.17 bits per heavy atom. The highest BCUT2D eigenvalue weighted by Crippen LogP contribution is 2.23. The molecule has 0 bridgehead atoms. The van der Waals surface area contributed by atoms with Gasteiger partial charge in [0.15, 0.2) is 0 Å². The summed E-state index contributed by atoms with van der Waals surface area (Å²) >= 11 is 0. The molecule has 5 aromatic rings. The number of carbonyl (C=O) groups excluding carboxylic acids is 2. The van der Waals surface area contributed by atoms with Crippen LogP contribution in [0.15, 0.2) is 140 Å². The molecule has 0 aliphatic heterocycles. The first-order valence-electron chi connectivity index (χ1n) is 13.2. The van der Waals surface area contributed by atoms with Gasteiger partial charge >= 0.3 is 5.97 Å². The number of anilines is 2. The van der Waals surface area contributed by atoms with Gasteiger partial charge in [-0.25, -0.2) is 4.79 Å². The van der Waals surface area contributed by atoms with Gasteiger partial charge in [0.05, 0.1) is 18.7 Å². The van der Waals surface area contributed by atoms with Crippen LogP contribution in [0.4, 0.5) is 11.4 Å². The van der Waals surface area contributed by atoms with Crippen molar-refractivity contribution in [3.05, 3.63) is 167 Å². The van der Waals surface area contributed by atoms with Crippen LogP contribution >= 0.6 is 0 Å². The number of carboxylic acid groups (broad SMARTS) is 1. The number of para-hydroxylation sites is 2. The van der Waals surface area contributed by atoms with Gasteiger partial charge in [-0.3, -0.25) is 9.59 Å². The van der Waals surface area contributed by atoms with Gasteiger partial charge in [0, 0.05) is 22.5 Å². The zero-order chi connectivity index (χ0) is 28.6. The van der Waals surface area contributed by atoms with Crippen molar-refractivity contribution < 1.29 is 19.5 Å². The fourth-order valence-electron chi connectivity index (χ4n) is 4.54. The summed E-state index contributed by atoms with van der Waals surface area (Å²) in [5.74, 6) is -1.30. The van der Waals surface area contributed by atoms with Crippen molar-refractivity contribution in [3.63, 3.8) is 0 Å². The minimum atomic E-state index is -0.996. The summed E-state index contributed by atoms with van der Waals surface area (Å²) in [6.45, 7) is 0.613. The molecule has 5 aromatic carbocycles. The number of nitrogens with zero attached hydrogens (tertiary/aromatic N) is 2. The third-order valence-electron chi connectivity index (χ3n) is 6.73. The predicted octanol–water partition coefficient (Wildman–Crippen LogP) is 7.08. The molecule has 2 amide bonds. The first kappa shape index (κ1) is 27.1. The second-order valence-corrected chi connectivity index (χ2v) is 9.52. The van der Waals surface area contributed by atoms with Crippen molar-refractivity contribution in [2.24, 2.45) is 0 Å². The van der Waals surface area contributed by atoms with E-state index in [1.54, 1.807) is 46.2 Å². The molecule has 1 N–H and O–H groups in total. The van der Waals surface area contributed by atoms with Gasteiger partial charge in [0.2, 0.25) is 0 Å². The first-order valence-corrected chi connectivity index (χ1v) is 13.2. The summed E-state index contributed by atoms with van der Waals surface area (Å²) in [5, 5.41) is 9.22. The Bertz CT molecular complexity index is 1620. The fourth-order valence-corrected chi connectivity index (χ4v) is 4.54. The molecule has 6 nitrogen and oxygen atoms in total. The van der Waals surface area contributed by atoms with Gasteiger partial charge in [-0.15, -0.1) is 0 Å². The van der Waals surface area contributed by atoms with E-state index < -0.39 is 5.97 Å². The van der Waals surface area contributed by atoms with E-state index >= 15 is 0 Å². The van der Waals surface area contributed by atoms with Gasteiger partial charge in [-0.05, 0) is 71.8 Å². The molecule has 202 valence electrons. The van der Waals surface area contributed by atoms with Gasteiger partial charge in [0.25, 0.3) is 11.8 Å². The lowest BCUT2D eigenvalue weighted by Gasteiger charge is -2.24. The van der Waals surface area contributed by atoms with E-state index in [9.17, 15) is 19.5 Å². The summed E-state index contributed by atoms with van der Waals surface area (Å²) in [4.78, 5) is 41.8. The summed E-state index contributed by atoms with van der Waals surface area (Å²) in [6.07, 6.45) is 0. The van der Waals surface area contributed by atoms with Gasteiger partial charge in [-0.1, -0.05) is 78.9 Å². The highest BCUT2D eigenvalue weighted by molar-refractivity contribution is 6.07. The number of amides is 2. The molecule has 0 radical (unpaired) electrons. The molecule has 0 fully saturated rings. The number of hydrogen-bond donors (Lipinski definition) is 1. The van der Waals surface area contributed by atoms with Gasteiger partial charge in [0.1, 0.15) is 0 Å². The first-order chi connectivity index (χ1) is 20.0. The smallest absolute Gasteiger partial charge is 0.335 e. The summed E-state index contributed by atoms with van der Waals surface area (Å²) in [6, 6.07) is 41.8. The molecule has 0 atom stereocenters. The van der Waals surface area contributed by atoms with Crippen LogP contribution in [0.5, 0.6) is 0 Å². The standard InChI is InChI=1S/C35H28N2O4/c38-33(28-10-4-1-5-11-28)36(31-12-6-2-7-13-31)24-26-16-20-29(21-17-26)34(39)37(32-14-8-3-9-15-32)25-27-18-22-30(23-19-27)35(40)41/h1-23H,24-25H2,(H,40,41). The lowest BCUT2D eigenvalue weighted by Crippen LogP contribution is -2.31. The lowest BCUT2D eigenvalue weighted by atomic mass is 10.1. The van der Waals surface area contributed by atoms with Crippen molar-refractivity contribution in [1.29, 1.82) is 0 Å². The van der Waals surface area contributed by atoms with E-state index in [1.807, 2.05) is 91.0 Å². The Kier molecular flexibility index (Phi) is 8.31. The van der Waals surface area contributed by atoms with Crippen LogP contribution in [0.2, 0.25) is 0 Å². The van der Waals surface area contributed by atoms with Crippen molar-refractivity contribution >= 4 is 29.2 Å². The molecular formula is C35H28N2O4. The molecule has 5 rings (SSSR count). The SMILES string of the molecule is O=C(O)c1ccc(CN(C(=O)c2ccc(CN(C(=O)c3ccccc3)c3ccccc3)cc2)c2ccccc2)cc1. The predicted molar refractivity (Wildman–Crippen MR) is 160 cm³/mol. The van der Waals surface area contributed by atoms with Crippen LogP contribution in [0.25, 0.3) is 0 Å². The Labute approximate surface area is 238 Å². The fraction of sp³-hybridized carbons (Fsp3) is 0.0571. The molecule has 0 heterocycles. The summed E-state index contributed by atoms with van der Waals surface area (Å²) < 4.78 is 0. The molecule has 0 spiro atoms. The van der Waals surface area contributed by atoms with E-state index in [2.05, 4.69) is 0 Å². The monoisotopic (exact) mass is 540 g/mol. The highest BCUT2D eigenvalue weighted by atomic mass is 16.4. The Hall–Kier alpha value is -5.49. The third kappa shape index (κ3) is 6.57. The van der Waals surface area contributed by atoms with Crippen molar-refractivity contribution in [3.8, 4) is 0 Å². The zero-order valence-electron chi connectivity index (χ0n) is 22.3. The number of rotatable bonds is 9. The molecule has 0 saturated heterocycles. The Balaban J connectivity index is 1.39. The van der Waals surface area contributed by atoms with Crippen LogP contribution < -0.4 is 9.80 Å². The molecular weight excluding hydrogens is 512 g/mol. The largest absolute Gasteiger partial charge is 0.478 e. The van der Waals surface area contributed by atoms with Crippen molar-refractivity contribution in [1.82, 2.24) is 0 Å². The number of carboxylic acids is 1. The number of benzene rings is 5. The highest BCUT2D eigenvalue weighted by Gasteiger charge is 2.21. The van der Waals surface area contributed by atoms with E-state index in [-0.39, 0.29) is 23.9 Å². The second-order valence-electron chi connectivity index (χ2n) is 9.52. The topological polar surface area (TPSA) is 77.9 Å². The number of carbonyl (C=O) groups is 3. The number of hydrogen-bond acceptors (Lipinski definition) is 3. The van der Waals surface area contributed by atoms with E-state index in [4.69, 9.17) is 0 Å². The van der Waals surface area contributed by atoms with Crippen LogP contribution in [-0.2, 0) is 13.1 Å². The average molecular weight is 541 g/mol. The molecule has 0 aromatic heterocycles. The van der Waals surface area contributed by atoms with Gasteiger partial charge in [-0.2, -0.15) is 0 Å². The van der Waals surface area contributed by atoms with Crippen molar-refractivity contribution in [2.45, 2.75) is 13.1 Å². The zero-order valence-corrected chi connectivity index (χ0v) is 22.3. The minimum absolute atomic E-state index is 0.110. The van der Waals surface area contributed by atoms with E-state index in [0.717, 1.165) is 22.5 Å². The van der Waals surface area contributed by atoms with E-state index in [1.165, 1.54) is 12.1 Å². The maximum absolute atomic E-state index is 13.7. The minimum Gasteiger partial charge on any atom is -0.478 e. The maximum atomic E-state index is 13.7. The third-order valence-corrected chi connectivity index (χ3v) is 6.73. The quantitative estimate of drug-likeness (QED) is 0.217. The molecule has 0 unspecified atom stereocenters. The maximum Gasteiger partial charge on any atom is 0.335 e. The van der Waals surface area contributed by atoms with E-state index in [0.29, 0.717) is 17.7 Å². The summed E-state index contributed by atoms with van der Waals surface area (Å²) in [7, 11) is 0. The molecule has 0 aliphatic rings. The molecule has 0 aliphatic carbocycles. The summed E-state index contributed by atoms with van der Waals surface area (Å²) in [5.41, 5.74) is 4.49. The van der Waals surface area contributed by atoms with Crippen LogP contribution in [0.3, 0.4) is 0 Å². The molecule has 0 saturated carbocycles. The van der Waals surface area contributed by atoms with Crippen LogP contribution in [0, 0.1) is 0 Å². The van der Waals surface area contributed by atoms with Crippen molar-refractivity contribution in [2.75, 3.05) is 9.80 Å².